The van der Waals surface area contributed by atoms with Gasteiger partial charge >= 0.3 is 0 Å². The number of aryl methyl sites for hydroxylation is 3. The predicted octanol–water partition coefficient (Wildman–Crippen LogP) is 4.21. The van der Waals surface area contributed by atoms with Crippen LogP contribution >= 0.6 is 0 Å². The van der Waals surface area contributed by atoms with E-state index in [0.717, 1.165) is 46.7 Å². The standard InChI is InChI=1S/C22H29N5O/c1-6-23-22(25-18(5)21-12-11-17(4)28-21)24-14-19-9-7-8-10-20(19)27-16(3)13-15(2)26-27/h7-13,18H,6,14H2,1-5H3,(H2,23,24,25). The zero-order valence-corrected chi connectivity index (χ0v) is 17.3. The van der Waals surface area contributed by atoms with Crippen LogP contribution in [0.4, 0.5) is 0 Å². The van der Waals surface area contributed by atoms with E-state index in [1.165, 1.54) is 0 Å². The molecule has 1 aromatic carbocycles. The Morgan fingerprint density at radius 2 is 1.96 bits per heavy atom. The van der Waals surface area contributed by atoms with Crippen LogP contribution in [-0.2, 0) is 6.54 Å². The number of para-hydroxylation sites is 1. The summed E-state index contributed by atoms with van der Waals surface area (Å²) in [5.74, 6) is 2.56. The Bertz CT molecular complexity index is 954. The summed E-state index contributed by atoms with van der Waals surface area (Å²) in [7, 11) is 0. The average molecular weight is 380 g/mol. The smallest absolute Gasteiger partial charge is 0.192 e. The van der Waals surface area contributed by atoms with Gasteiger partial charge in [0.05, 0.1) is 24.0 Å². The van der Waals surface area contributed by atoms with E-state index >= 15 is 0 Å². The molecule has 3 rings (SSSR count). The molecule has 0 bridgehead atoms. The zero-order valence-electron chi connectivity index (χ0n) is 17.3. The van der Waals surface area contributed by atoms with E-state index in [9.17, 15) is 0 Å². The van der Waals surface area contributed by atoms with Gasteiger partial charge in [-0.25, -0.2) is 9.67 Å². The van der Waals surface area contributed by atoms with Gasteiger partial charge in [-0.3, -0.25) is 0 Å². The van der Waals surface area contributed by atoms with Gasteiger partial charge in [0.2, 0.25) is 0 Å². The van der Waals surface area contributed by atoms with E-state index in [2.05, 4.69) is 54.7 Å². The second kappa shape index (κ2) is 8.78. The molecule has 0 saturated carbocycles. The van der Waals surface area contributed by atoms with Crippen LogP contribution < -0.4 is 10.6 Å². The molecule has 0 spiro atoms. The van der Waals surface area contributed by atoms with Gasteiger partial charge in [-0.1, -0.05) is 18.2 Å². The van der Waals surface area contributed by atoms with Gasteiger partial charge in [-0.05, 0) is 64.4 Å². The summed E-state index contributed by atoms with van der Waals surface area (Å²) in [6.07, 6.45) is 0. The van der Waals surface area contributed by atoms with E-state index in [4.69, 9.17) is 9.41 Å². The van der Waals surface area contributed by atoms with Crippen LogP contribution in [0.25, 0.3) is 5.69 Å². The maximum atomic E-state index is 5.72. The van der Waals surface area contributed by atoms with E-state index < -0.39 is 0 Å². The molecule has 2 heterocycles. The summed E-state index contributed by atoms with van der Waals surface area (Å²) in [6, 6.07) is 14.3. The monoisotopic (exact) mass is 379 g/mol. The van der Waals surface area contributed by atoms with Gasteiger partial charge in [0.25, 0.3) is 0 Å². The molecule has 0 radical (unpaired) electrons. The highest BCUT2D eigenvalue weighted by Crippen LogP contribution is 2.18. The molecule has 0 aliphatic rings. The highest BCUT2D eigenvalue weighted by molar-refractivity contribution is 5.80. The Hall–Kier alpha value is -3.02. The molecule has 0 fully saturated rings. The highest BCUT2D eigenvalue weighted by Gasteiger charge is 2.12. The fourth-order valence-electron chi connectivity index (χ4n) is 3.17. The molecule has 0 amide bonds. The fourth-order valence-corrected chi connectivity index (χ4v) is 3.17. The van der Waals surface area contributed by atoms with E-state index in [1.54, 1.807) is 0 Å². The highest BCUT2D eigenvalue weighted by atomic mass is 16.3. The molecule has 6 nitrogen and oxygen atoms in total. The molecule has 2 aromatic heterocycles. The first-order chi connectivity index (χ1) is 13.5. The second-order valence-electron chi connectivity index (χ2n) is 6.98. The Labute approximate surface area is 166 Å². The summed E-state index contributed by atoms with van der Waals surface area (Å²) in [6.45, 7) is 11.5. The molecule has 0 aliphatic carbocycles. The summed E-state index contributed by atoms with van der Waals surface area (Å²) in [4.78, 5) is 4.79. The first-order valence-electron chi connectivity index (χ1n) is 9.70. The molecule has 1 atom stereocenters. The van der Waals surface area contributed by atoms with Crippen LogP contribution in [0.2, 0.25) is 0 Å². The molecule has 3 aromatic rings. The molecular weight excluding hydrogens is 350 g/mol. The number of rotatable bonds is 6. The number of hydrogen-bond donors (Lipinski definition) is 2. The lowest BCUT2D eigenvalue weighted by Crippen LogP contribution is -2.38. The zero-order chi connectivity index (χ0) is 20.1. The number of hydrogen-bond acceptors (Lipinski definition) is 3. The largest absolute Gasteiger partial charge is 0.464 e. The van der Waals surface area contributed by atoms with Gasteiger partial charge in [0, 0.05) is 12.2 Å². The van der Waals surface area contributed by atoms with Crippen molar-refractivity contribution in [2.24, 2.45) is 4.99 Å². The Morgan fingerprint density at radius 1 is 1.18 bits per heavy atom. The summed E-state index contributed by atoms with van der Waals surface area (Å²) in [5, 5.41) is 11.3. The van der Waals surface area contributed by atoms with Crippen LogP contribution in [0.1, 0.15) is 48.4 Å². The van der Waals surface area contributed by atoms with Crippen LogP contribution in [0.5, 0.6) is 0 Å². The van der Waals surface area contributed by atoms with Crippen molar-refractivity contribution in [3.8, 4) is 5.69 Å². The van der Waals surface area contributed by atoms with E-state index in [0.29, 0.717) is 6.54 Å². The second-order valence-corrected chi connectivity index (χ2v) is 6.98. The molecule has 28 heavy (non-hydrogen) atoms. The number of nitrogens with zero attached hydrogens (tertiary/aromatic N) is 3. The van der Waals surface area contributed by atoms with Gasteiger partial charge in [-0.2, -0.15) is 5.10 Å². The van der Waals surface area contributed by atoms with Crippen molar-refractivity contribution in [1.29, 1.82) is 0 Å². The lowest BCUT2D eigenvalue weighted by molar-refractivity contribution is 0.441. The summed E-state index contributed by atoms with van der Waals surface area (Å²) in [5.41, 5.74) is 4.30. The van der Waals surface area contributed by atoms with Gasteiger partial charge < -0.3 is 15.1 Å². The first-order valence-corrected chi connectivity index (χ1v) is 9.70. The SMILES string of the molecule is CCNC(=NCc1ccccc1-n1nc(C)cc1C)NC(C)c1ccc(C)o1. The third-order valence-corrected chi connectivity index (χ3v) is 4.52. The van der Waals surface area contributed by atoms with Crippen LogP contribution in [0, 0.1) is 20.8 Å². The summed E-state index contributed by atoms with van der Waals surface area (Å²) >= 11 is 0. The minimum Gasteiger partial charge on any atom is -0.464 e. The van der Waals surface area contributed by atoms with Gasteiger partial charge in [-0.15, -0.1) is 0 Å². The minimum absolute atomic E-state index is 0.0257. The number of guanidine groups is 1. The first kappa shape index (κ1) is 19.7. The van der Waals surface area contributed by atoms with Crippen LogP contribution in [0.3, 0.4) is 0 Å². The number of aromatic nitrogens is 2. The quantitative estimate of drug-likeness (QED) is 0.497. The van der Waals surface area contributed by atoms with Gasteiger partial charge in [0.15, 0.2) is 5.96 Å². The molecule has 0 aliphatic heterocycles. The van der Waals surface area contributed by atoms with Crippen molar-refractivity contribution in [3.05, 3.63) is 70.9 Å². The third kappa shape index (κ3) is 4.63. The summed E-state index contributed by atoms with van der Waals surface area (Å²) < 4.78 is 7.70. The fraction of sp³-hybridized carbons (Fsp3) is 0.364. The maximum Gasteiger partial charge on any atom is 0.192 e. The molecule has 2 N–H and O–H groups in total. The maximum absolute atomic E-state index is 5.72. The Morgan fingerprint density at radius 3 is 2.61 bits per heavy atom. The lowest BCUT2D eigenvalue weighted by atomic mass is 10.2. The molecule has 6 heteroatoms. The number of benzene rings is 1. The third-order valence-electron chi connectivity index (χ3n) is 4.52. The average Bonchev–Trinajstić information content (AvgIpc) is 3.25. The number of nitrogens with one attached hydrogen (secondary N) is 2. The topological polar surface area (TPSA) is 67.4 Å². The van der Waals surface area contributed by atoms with Crippen molar-refractivity contribution in [3.63, 3.8) is 0 Å². The number of furan rings is 1. The number of aliphatic imine (C=N–C) groups is 1. The molecule has 0 saturated heterocycles. The van der Waals surface area contributed by atoms with Crippen molar-refractivity contribution < 1.29 is 4.42 Å². The van der Waals surface area contributed by atoms with E-state index in [1.807, 2.05) is 42.8 Å². The van der Waals surface area contributed by atoms with E-state index in [-0.39, 0.29) is 6.04 Å². The molecule has 148 valence electrons. The normalized spacial score (nSPS) is 12.8. The van der Waals surface area contributed by atoms with Crippen molar-refractivity contribution >= 4 is 5.96 Å². The molecule has 1 unspecified atom stereocenters. The van der Waals surface area contributed by atoms with Crippen LogP contribution in [-0.4, -0.2) is 22.3 Å². The Balaban J connectivity index is 1.81. The van der Waals surface area contributed by atoms with Crippen LogP contribution in [0.15, 0.2) is 51.9 Å². The Kier molecular flexibility index (Phi) is 6.19. The predicted molar refractivity (Wildman–Crippen MR) is 113 cm³/mol. The van der Waals surface area contributed by atoms with Crippen molar-refractivity contribution in [2.45, 2.75) is 47.2 Å². The van der Waals surface area contributed by atoms with Gasteiger partial charge in [0.1, 0.15) is 11.5 Å². The molecular formula is C22H29N5O. The van der Waals surface area contributed by atoms with Crippen molar-refractivity contribution in [1.82, 2.24) is 20.4 Å². The van der Waals surface area contributed by atoms with Crippen molar-refractivity contribution in [2.75, 3.05) is 6.54 Å². The lowest BCUT2D eigenvalue weighted by Gasteiger charge is -2.16. The minimum atomic E-state index is 0.0257.